The van der Waals surface area contributed by atoms with Gasteiger partial charge in [-0.2, -0.15) is 4.31 Å². The number of sulfonamides is 1. The van der Waals surface area contributed by atoms with Crippen molar-refractivity contribution in [1.82, 2.24) is 4.31 Å². The first-order valence-corrected chi connectivity index (χ1v) is 8.59. The third-order valence-electron chi connectivity index (χ3n) is 2.97. The summed E-state index contributed by atoms with van der Waals surface area (Å²) < 4.78 is 32.1. The highest BCUT2D eigenvalue weighted by Crippen LogP contribution is 2.28. The molecule has 5 nitrogen and oxygen atoms in total. The second-order valence-electron chi connectivity index (χ2n) is 4.61. The van der Waals surface area contributed by atoms with E-state index >= 15 is 0 Å². The summed E-state index contributed by atoms with van der Waals surface area (Å²) in [5.41, 5.74) is 6.59. The molecule has 0 bridgehead atoms. The quantitative estimate of drug-likeness (QED) is 0.808. The standard InChI is InChI=1S/C13H14BrClN2O3S/c1-8-5-10(6-11(16)13(8)15)21(18,19)17(2)7-9-3-4-12(14)20-9/h3-6H,7,16H2,1-2H3. The highest BCUT2D eigenvalue weighted by molar-refractivity contribution is 9.10. The number of aryl methyl sites for hydroxylation is 1. The van der Waals surface area contributed by atoms with Crippen LogP contribution in [0.25, 0.3) is 0 Å². The van der Waals surface area contributed by atoms with E-state index in [-0.39, 0.29) is 17.1 Å². The van der Waals surface area contributed by atoms with Crippen molar-refractivity contribution < 1.29 is 12.8 Å². The molecule has 0 aliphatic heterocycles. The topological polar surface area (TPSA) is 76.5 Å². The van der Waals surface area contributed by atoms with Gasteiger partial charge in [-0.1, -0.05) is 11.6 Å². The molecule has 1 heterocycles. The average molecular weight is 394 g/mol. The Hall–Kier alpha value is -1.02. The normalized spacial score (nSPS) is 12.0. The van der Waals surface area contributed by atoms with Crippen LogP contribution in [0.15, 0.2) is 38.2 Å². The van der Waals surface area contributed by atoms with Crippen molar-refractivity contribution >= 4 is 43.2 Å². The first-order chi connectivity index (χ1) is 9.71. The molecule has 2 aromatic rings. The van der Waals surface area contributed by atoms with Gasteiger partial charge in [0.15, 0.2) is 4.67 Å². The van der Waals surface area contributed by atoms with Crippen LogP contribution in [0.1, 0.15) is 11.3 Å². The van der Waals surface area contributed by atoms with Crippen molar-refractivity contribution in [1.29, 1.82) is 0 Å². The zero-order valence-electron chi connectivity index (χ0n) is 11.4. The number of furan rings is 1. The minimum absolute atomic E-state index is 0.107. The molecule has 0 spiro atoms. The molecule has 0 amide bonds. The average Bonchev–Trinajstić information content (AvgIpc) is 2.80. The number of nitrogen functional groups attached to an aromatic ring is 1. The molecule has 0 atom stereocenters. The molecule has 0 unspecified atom stereocenters. The van der Waals surface area contributed by atoms with E-state index < -0.39 is 10.0 Å². The number of halogens is 2. The molecule has 2 N–H and O–H groups in total. The molecular weight excluding hydrogens is 380 g/mol. The predicted molar refractivity (Wildman–Crippen MR) is 85.7 cm³/mol. The van der Waals surface area contributed by atoms with Crippen molar-refractivity contribution in [3.63, 3.8) is 0 Å². The Labute approximate surface area is 136 Å². The zero-order chi connectivity index (χ0) is 15.8. The molecule has 1 aromatic carbocycles. The van der Waals surface area contributed by atoms with Crippen LogP contribution in [0.2, 0.25) is 5.02 Å². The Bertz CT molecular complexity index is 750. The van der Waals surface area contributed by atoms with E-state index in [0.717, 1.165) is 0 Å². The highest BCUT2D eigenvalue weighted by atomic mass is 79.9. The molecule has 0 saturated carbocycles. The van der Waals surface area contributed by atoms with Gasteiger partial charge in [-0.25, -0.2) is 8.42 Å². The van der Waals surface area contributed by atoms with Gasteiger partial charge >= 0.3 is 0 Å². The summed E-state index contributed by atoms with van der Waals surface area (Å²) in [6.45, 7) is 1.83. The minimum atomic E-state index is -3.67. The molecular formula is C13H14BrClN2O3S. The summed E-state index contributed by atoms with van der Waals surface area (Å²) in [5.74, 6) is 0.534. The van der Waals surface area contributed by atoms with E-state index in [9.17, 15) is 8.42 Å². The van der Waals surface area contributed by atoms with Crippen LogP contribution in [-0.4, -0.2) is 19.8 Å². The minimum Gasteiger partial charge on any atom is -0.453 e. The van der Waals surface area contributed by atoms with Crippen LogP contribution in [0.5, 0.6) is 0 Å². The fraction of sp³-hybridized carbons (Fsp3) is 0.231. The number of anilines is 1. The van der Waals surface area contributed by atoms with Crippen molar-refractivity contribution in [3.8, 4) is 0 Å². The highest BCUT2D eigenvalue weighted by Gasteiger charge is 2.23. The summed E-state index contributed by atoms with van der Waals surface area (Å²) in [6.07, 6.45) is 0. The Morgan fingerprint density at radius 3 is 2.57 bits per heavy atom. The van der Waals surface area contributed by atoms with E-state index in [1.165, 1.54) is 23.5 Å². The van der Waals surface area contributed by atoms with Crippen LogP contribution in [0.3, 0.4) is 0 Å². The van der Waals surface area contributed by atoms with E-state index in [0.29, 0.717) is 21.0 Å². The fourth-order valence-corrected chi connectivity index (χ4v) is 3.54. The number of nitrogens with zero attached hydrogens (tertiary/aromatic N) is 1. The molecule has 0 radical (unpaired) electrons. The van der Waals surface area contributed by atoms with Crippen LogP contribution >= 0.6 is 27.5 Å². The van der Waals surface area contributed by atoms with Gasteiger partial charge in [-0.15, -0.1) is 0 Å². The van der Waals surface area contributed by atoms with Gasteiger partial charge in [-0.05, 0) is 52.7 Å². The Morgan fingerprint density at radius 2 is 2.05 bits per heavy atom. The summed E-state index contributed by atoms with van der Waals surface area (Å²) in [5, 5.41) is 0.367. The monoisotopic (exact) mass is 392 g/mol. The zero-order valence-corrected chi connectivity index (χ0v) is 14.6. The maximum Gasteiger partial charge on any atom is 0.243 e. The first kappa shape index (κ1) is 16.4. The van der Waals surface area contributed by atoms with Crippen molar-refractivity contribution in [2.24, 2.45) is 0 Å². The van der Waals surface area contributed by atoms with Crippen LogP contribution < -0.4 is 5.73 Å². The maximum atomic E-state index is 12.5. The third kappa shape index (κ3) is 3.42. The smallest absolute Gasteiger partial charge is 0.243 e. The Balaban J connectivity index is 2.33. The summed E-state index contributed by atoms with van der Waals surface area (Å²) in [7, 11) is -2.19. The second-order valence-corrected chi connectivity index (χ2v) is 7.81. The molecule has 0 aliphatic rings. The van der Waals surface area contributed by atoms with Gasteiger partial charge in [0.05, 0.1) is 22.2 Å². The lowest BCUT2D eigenvalue weighted by Gasteiger charge is -2.17. The molecule has 21 heavy (non-hydrogen) atoms. The SMILES string of the molecule is Cc1cc(S(=O)(=O)N(C)Cc2ccc(Br)o2)cc(N)c1Cl. The summed E-state index contributed by atoms with van der Waals surface area (Å²) in [6, 6.07) is 6.28. The molecule has 1 aromatic heterocycles. The van der Waals surface area contributed by atoms with Crippen LogP contribution in [-0.2, 0) is 16.6 Å². The molecule has 0 fully saturated rings. The van der Waals surface area contributed by atoms with Gasteiger partial charge in [0.1, 0.15) is 5.76 Å². The van der Waals surface area contributed by atoms with Gasteiger partial charge in [0.2, 0.25) is 10.0 Å². The van der Waals surface area contributed by atoms with Crippen LogP contribution in [0.4, 0.5) is 5.69 Å². The maximum absolute atomic E-state index is 12.5. The molecule has 0 saturated heterocycles. The van der Waals surface area contributed by atoms with Gasteiger partial charge in [0, 0.05) is 7.05 Å². The number of hydrogen-bond acceptors (Lipinski definition) is 4. The summed E-state index contributed by atoms with van der Waals surface area (Å²) in [4.78, 5) is 0.107. The lowest BCUT2D eigenvalue weighted by atomic mass is 10.2. The van der Waals surface area contributed by atoms with Crippen LogP contribution in [0, 0.1) is 6.92 Å². The van der Waals surface area contributed by atoms with E-state index in [1.807, 2.05) is 0 Å². The Kier molecular flexibility index (Phi) is 4.67. The number of benzene rings is 1. The van der Waals surface area contributed by atoms with E-state index in [4.69, 9.17) is 21.8 Å². The number of rotatable bonds is 4. The number of nitrogens with two attached hydrogens (primary N) is 1. The van der Waals surface area contributed by atoms with Gasteiger partial charge in [0.25, 0.3) is 0 Å². The lowest BCUT2D eigenvalue weighted by Crippen LogP contribution is -2.26. The lowest BCUT2D eigenvalue weighted by molar-refractivity contribution is 0.398. The van der Waals surface area contributed by atoms with E-state index in [1.54, 1.807) is 19.1 Å². The largest absolute Gasteiger partial charge is 0.453 e. The third-order valence-corrected chi connectivity index (χ3v) is 5.70. The van der Waals surface area contributed by atoms with Crippen molar-refractivity contribution in [3.05, 3.63) is 45.3 Å². The van der Waals surface area contributed by atoms with Crippen molar-refractivity contribution in [2.75, 3.05) is 12.8 Å². The summed E-state index contributed by atoms with van der Waals surface area (Å²) >= 11 is 9.14. The van der Waals surface area contributed by atoms with E-state index in [2.05, 4.69) is 15.9 Å². The molecule has 8 heteroatoms. The molecule has 2 rings (SSSR count). The van der Waals surface area contributed by atoms with Gasteiger partial charge < -0.3 is 10.2 Å². The Morgan fingerprint density at radius 1 is 1.38 bits per heavy atom. The predicted octanol–water partition coefficient (Wildman–Crippen LogP) is 3.41. The van der Waals surface area contributed by atoms with Gasteiger partial charge in [-0.3, -0.25) is 0 Å². The first-order valence-electron chi connectivity index (χ1n) is 5.98. The number of hydrogen-bond donors (Lipinski definition) is 1. The second kappa shape index (κ2) is 6.00. The molecule has 114 valence electrons. The molecule has 0 aliphatic carbocycles. The fourth-order valence-electron chi connectivity index (χ4n) is 1.83. The van der Waals surface area contributed by atoms with Crippen molar-refractivity contribution in [2.45, 2.75) is 18.4 Å².